The molecule has 2 aromatic carbocycles. The quantitative estimate of drug-likeness (QED) is 0.597. The average molecular weight is 383 g/mol. The van der Waals surface area contributed by atoms with Gasteiger partial charge in [-0.1, -0.05) is 36.4 Å². The molecular formula is C22H30N4O2. The number of anilines is 1. The SMILES string of the molecule is Cc1cccc(NC(N)=NCc2ccc(CN(C)C(=O)OC(C)(C)C)cc2)c1. The molecule has 0 unspecified atom stereocenters. The zero-order valence-corrected chi connectivity index (χ0v) is 17.3. The van der Waals surface area contributed by atoms with E-state index in [0.29, 0.717) is 19.0 Å². The molecule has 2 rings (SSSR count). The number of nitrogens with two attached hydrogens (primary N) is 1. The van der Waals surface area contributed by atoms with E-state index in [9.17, 15) is 4.79 Å². The molecule has 2 aromatic rings. The molecule has 6 heteroatoms. The van der Waals surface area contributed by atoms with Crippen molar-refractivity contribution in [3.05, 3.63) is 65.2 Å². The maximum atomic E-state index is 12.0. The number of ether oxygens (including phenoxy) is 1. The van der Waals surface area contributed by atoms with Crippen LogP contribution >= 0.6 is 0 Å². The summed E-state index contributed by atoms with van der Waals surface area (Å²) in [4.78, 5) is 18.0. The summed E-state index contributed by atoms with van der Waals surface area (Å²) >= 11 is 0. The molecule has 0 atom stereocenters. The Morgan fingerprint density at radius 1 is 1.14 bits per heavy atom. The molecule has 0 heterocycles. The molecule has 0 saturated heterocycles. The molecule has 0 spiro atoms. The van der Waals surface area contributed by atoms with Crippen LogP contribution in [0.3, 0.4) is 0 Å². The maximum Gasteiger partial charge on any atom is 0.410 e. The molecule has 3 N–H and O–H groups in total. The largest absolute Gasteiger partial charge is 0.444 e. The molecule has 0 aliphatic carbocycles. The lowest BCUT2D eigenvalue weighted by Crippen LogP contribution is -2.33. The van der Waals surface area contributed by atoms with Gasteiger partial charge >= 0.3 is 6.09 Å². The van der Waals surface area contributed by atoms with Crippen LogP contribution in [0.5, 0.6) is 0 Å². The van der Waals surface area contributed by atoms with Gasteiger partial charge in [0.15, 0.2) is 5.96 Å². The number of aliphatic imine (C=N–C) groups is 1. The highest BCUT2D eigenvalue weighted by Crippen LogP contribution is 2.13. The van der Waals surface area contributed by atoms with Gasteiger partial charge in [-0.05, 0) is 56.5 Å². The minimum Gasteiger partial charge on any atom is -0.444 e. The Morgan fingerprint density at radius 2 is 1.79 bits per heavy atom. The van der Waals surface area contributed by atoms with Crippen LogP contribution in [0, 0.1) is 6.92 Å². The summed E-state index contributed by atoms with van der Waals surface area (Å²) < 4.78 is 5.36. The summed E-state index contributed by atoms with van der Waals surface area (Å²) in [5.74, 6) is 0.374. The summed E-state index contributed by atoms with van der Waals surface area (Å²) in [6, 6.07) is 15.9. The summed E-state index contributed by atoms with van der Waals surface area (Å²) in [5.41, 5.74) is 9.60. The molecular weight excluding hydrogens is 352 g/mol. The van der Waals surface area contributed by atoms with Crippen LogP contribution in [0.25, 0.3) is 0 Å². The van der Waals surface area contributed by atoms with Gasteiger partial charge < -0.3 is 20.7 Å². The van der Waals surface area contributed by atoms with Gasteiger partial charge in [-0.3, -0.25) is 0 Å². The number of guanidine groups is 1. The standard InChI is InChI=1S/C22H30N4O2/c1-16-7-6-8-19(13-16)25-20(23)24-14-17-9-11-18(12-10-17)15-26(5)21(27)28-22(2,3)4/h6-13H,14-15H2,1-5H3,(H3,23,24,25). The monoisotopic (exact) mass is 382 g/mol. The van der Waals surface area contributed by atoms with Crippen molar-refractivity contribution in [2.45, 2.75) is 46.4 Å². The van der Waals surface area contributed by atoms with Crippen molar-refractivity contribution in [2.24, 2.45) is 10.7 Å². The number of aryl methyl sites for hydroxylation is 1. The molecule has 6 nitrogen and oxygen atoms in total. The number of carbonyl (C=O) groups is 1. The van der Waals surface area contributed by atoms with Gasteiger partial charge in [0, 0.05) is 19.3 Å². The summed E-state index contributed by atoms with van der Waals surface area (Å²) in [6.07, 6.45) is -0.337. The lowest BCUT2D eigenvalue weighted by atomic mass is 10.1. The first kappa shape index (κ1) is 21.3. The molecule has 0 saturated carbocycles. The smallest absolute Gasteiger partial charge is 0.410 e. The van der Waals surface area contributed by atoms with Crippen molar-refractivity contribution < 1.29 is 9.53 Å². The van der Waals surface area contributed by atoms with Crippen molar-refractivity contribution >= 4 is 17.7 Å². The minimum absolute atomic E-state index is 0.337. The van der Waals surface area contributed by atoms with Crippen molar-refractivity contribution in [1.82, 2.24) is 4.90 Å². The topological polar surface area (TPSA) is 80.0 Å². The first-order chi connectivity index (χ1) is 13.1. The van der Waals surface area contributed by atoms with E-state index in [1.807, 2.05) is 76.2 Å². The number of rotatable bonds is 5. The molecule has 1 amide bonds. The van der Waals surface area contributed by atoms with E-state index in [2.05, 4.69) is 10.3 Å². The van der Waals surface area contributed by atoms with Gasteiger partial charge in [0.1, 0.15) is 5.60 Å². The first-order valence-electron chi connectivity index (χ1n) is 9.28. The van der Waals surface area contributed by atoms with Gasteiger partial charge in [0.25, 0.3) is 0 Å². The third kappa shape index (κ3) is 7.31. The minimum atomic E-state index is -0.500. The van der Waals surface area contributed by atoms with Crippen molar-refractivity contribution in [2.75, 3.05) is 12.4 Å². The third-order valence-corrected chi connectivity index (χ3v) is 3.87. The van der Waals surface area contributed by atoms with Crippen LogP contribution < -0.4 is 11.1 Å². The zero-order valence-electron chi connectivity index (χ0n) is 17.3. The van der Waals surface area contributed by atoms with E-state index in [-0.39, 0.29) is 6.09 Å². The van der Waals surface area contributed by atoms with Crippen molar-refractivity contribution in [3.8, 4) is 0 Å². The Kier molecular flexibility index (Phi) is 7.04. The number of carbonyl (C=O) groups excluding carboxylic acids is 1. The fourth-order valence-corrected chi connectivity index (χ4v) is 2.52. The Balaban J connectivity index is 1.89. The van der Waals surface area contributed by atoms with Crippen molar-refractivity contribution in [3.63, 3.8) is 0 Å². The highest BCUT2D eigenvalue weighted by molar-refractivity contribution is 5.92. The predicted molar refractivity (Wildman–Crippen MR) is 114 cm³/mol. The highest BCUT2D eigenvalue weighted by Gasteiger charge is 2.19. The van der Waals surface area contributed by atoms with E-state index in [4.69, 9.17) is 10.5 Å². The van der Waals surface area contributed by atoms with E-state index in [1.165, 1.54) is 0 Å². The summed E-state index contributed by atoms with van der Waals surface area (Å²) in [5, 5.41) is 3.09. The molecule has 150 valence electrons. The van der Waals surface area contributed by atoms with Gasteiger partial charge in [-0.2, -0.15) is 0 Å². The van der Waals surface area contributed by atoms with Gasteiger partial charge in [0.2, 0.25) is 0 Å². The molecule has 28 heavy (non-hydrogen) atoms. The number of nitrogens with one attached hydrogen (secondary N) is 1. The Hall–Kier alpha value is -3.02. The van der Waals surface area contributed by atoms with Crippen LogP contribution in [0.15, 0.2) is 53.5 Å². The Morgan fingerprint density at radius 3 is 2.39 bits per heavy atom. The van der Waals surface area contributed by atoms with Crippen LogP contribution in [0.4, 0.5) is 10.5 Å². The highest BCUT2D eigenvalue weighted by atomic mass is 16.6. The second-order valence-electron chi connectivity index (χ2n) is 7.85. The number of amides is 1. The molecule has 0 aromatic heterocycles. The molecule has 0 fully saturated rings. The first-order valence-corrected chi connectivity index (χ1v) is 9.28. The van der Waals surface area contributed by atoms with E-state index in [1.54, 1.807) is 11.9 Å². The lowest BCUT2D eigenvalue weighted by molar-refractivity contribution is 0.0285. The number of nitrogens with zero attached hydrogens (tertiary/aromatic N) is 2. The third-order valence-electron chi connectivity index (χ3n) is 3.87. The summed E-state index contributed by atoms with van der Waals surface area (Å²) in [7, 11) is 1.73. The van der Waals surface area contributed by atoms with E-state index >= 15 is 0 Å². The second kappa shape index (κ2) is 9.26. The second-order valence-corrected chi connectivity index (χ2v) is 7.85. The van der Waals surface area contributed by atoms with E-state index in [0.717, 1.165) is 22.4 Å². The van der Waals surface area contributed by atoms with Crippen LogP contribution in [-0.4, -0.2) is 29.6 Å². The van der Waals surface area contributed by atoms with Crippen LogP contribution in [0.1, 0.15) is 37.5 Å². The Labute approximate surface area is 167 Å². The lowest BCUT2D eigenvalue weighted by Gasteiger charge is -2.24. The molecule has 0 aliphatic rings. The van der Waals surface area contributed by atoms with Gasteiger partial charge in [-0.15, -0.1) is 0 Å². The van der Waals surface area contributed by atoms with Crippen molar-refractivity contribution in [1.29, 1.82) is 0 Å². The Bertz CT molecular complexity index is 823. The average Bonchev–Trinajstić information content (AvgIpc) is 2.59. The van der Waals surface area contributed by atoms with Crippen LogP contribution in [-0.2, 0) is 17.8 Å². The van der Waals surface area contributed by atoms with Gasteiger partial charge in [0.05, 0.1) is 6.54 Å². The molecule has 0 radical (unpaired) electrons. The molecule has 0 bridgehead atoms. The van der Waals surface area contributed by atoms with Crippen LogP contribution in [0.2, 0.25) is 0 Å². The fourth-order valence-electron chi connectivity index (χ4n) is 2.52. The number of hydrogen-bond donors (Lipinski definition) is 2. The van der Waals surface area contributed by atoms with Gasteiger partial charge in [-0.25, -0.2) is 9.79 Å². The normalized spacial score (nSPS) is 11.8. The number of benzene rings is 2. The fraction of sp³-hybridized carbons (Fsp3) is 0.364. The summed E-state index contributed by atoms with van der Waals surface area (Å²) in [6.45, 7) is 8.55. The number of hydrogen-bond acceptors (Lipinski definition) is 3. The maximum absolute atomic E-state index is 12.0. The van der Waals surface area contributed by atoms with E-state index < -0.39 is 5.60 Å². The zero-order chi connectivity index (χ0) is 20.7. The molecule has 0 aliphatic heterocycles. The predicted octanol–water partition coefficient (Wildman–Crippen LogP) is 4.29.